The van der Waals surface area contributed by atoms with Crippen LogP contribution in [0.2, 0.25) is 0 Å². The standard InChI is InChI=1S/C21H26N4O3/c1-21(2,3)28-20(27)25-11-5-4-6-18(25)17-13-23-12-16(24-17)14-7-9-15(10-8-14)19(22)26/h7-10,12-13,18H,4-6,11H2,1-3H3,(H2,22,26). The molecule has 1 aliphatic rings. The van der Waals surface area contributed by atoms with Crippen LogP contribution < -0.4 is 5.73 Å². The summed E-state index contributed by atoms with van der Waals surface area (Å²) in [5.74, 6) is -0.471. The van der Waals surface area contributed by atoms with E-state index in [-0.39, 0.29) is 12.1 Å². The first-order valence-electron chi connectivity index (χ1n) is 9.46. The van der Waals surface area contributed by atoms with Crippen molar-refractivity contribution in [3.63, 3.8) is 0 Å². The minimum Gasteiger partial charge on any atom is -0.444 e. The normalized spacial score (nSPS) is 17.2. The summed E-state index contributed by atoms with van der Waals surface area (Å²) in [5, 5.41) is 0. The van der Waals surface area contributed by atoms with Crippen LogP contribution in [0.1, 0.15) is 62.1 Å². The number of rotatable bonds is 3. The molecule has 1 atom stereocenters. The monoisotopic (exact) mass is 382 g/mol. The highest BCUT2D eigenvalue weighted by Crippen LogP contribution is 2.32. The van der Waals surface area contributed by atoms with E-state index in [0.717, 1.165) is 30.5 Å². The number of primary amides is 1. The first kappa shape index (κ1) is 19.8. The summed E-state index contributed by atoms with van der Waals surface area (Å²) in [4.78, 5) is 34.7. The third kappa shape index (κ3) is 4.65. The molecule has 1 saturated heterocycles. The molecule has 28 heavy (non-hydrogen) atoms. The minimum absolute atomic E-state index is 0.166. The van der Waals surface area contributed by atoms with E-state index in [2.05, 4.69) is 4.98 Å². The van der Waals surface area contributed by atoms with Gasteiger partial charge in [-0.25, -0.2) is 9.78 Å². The van der Waals surface area contributed by atoms with Crippen molar-refractivity contribution < 1.29 is 14.3 Å². The molecule has 7 nitrogen and oxygen atoms in total. The number of nitrogens with two attached hydrogens (primary N) is 1. The molecule has 2 N–H and O–H groups in total. The third-order valence-corrected chi connectivity index (χ3v) is 4.59. The molecule has 1 fully saturated rings. The van der Waals surface area contributed by atoms with E-state index in [1.807, 2.05) is 20.8 Å². The summed E-state index contributed by atoms with van der Waals surface area (Å²) >= 11 is 0. The molecule has 0 aliphatic carbocycles. The highest BCUT2D eigenvalue weighted by Gasteiger charge is 2.32. The number of amides is 2. The van der Waals surface area contributed by atoms with Gasteiger partial charge in [0.05, 0.1) is 29.8 Å². The lowest BCUT2D eigenvalue weighted by Crippen LogP contribution is -2.42. The largest absolute Gasteiger partial charge is 0.444 e. The van der Waals surface area contributed by atoms with Gasteiger partial charge in [-0.2, -0.15) is 0 Å². The Kier molecular flexibility index (Phi) is 5.63. The van der Waals surface area contributed by atoms with Crippen LogP contribution in [0.4, 0.5) is 4.79 Å². The average Bonchev–Trinajstić information content (AvgIpc) is 2.67. The van der Waals surface area contributed by atoms with Crippen molar-refractivity contribution in [1.82, 2.24) is 14.9 Å². The van der Waals surface area contributed by atoms with Gasteiger partial charge >= 0.3 is 6.09 Å². The highest BCUT2D eigenvalue weighted by molar-refractivity contribution is 5.93. The molecular weight excluding hydrogens is 356 g/mol. The first-order chi connectivity index (χ1) is 13.2. The van der Waals surface area contributed by atoms with E-state index in [1.54, 1.807) is 41.6 Å². The van der Waals surface area contributed by atoms with Gasteiger partial charge in [0.25, 0.3) is 0 Å². The maximum atomic E-state index is 12.7. The second kappa shape index (κ2) is 7.96. The number of benzene rings is 1. The van der Waals surface area contributed by atoms with E-state index in [4.69, 9.17) is 15.5 Å². The molecule has 2 amide bonds. The van der Waals surface area contributed by atoms with Crippen LogP contribution in [0.25, 0.3) is 11.3 Å². The number of carbonyl (C=O) groups excluding carboxylic acids is 2. The van der Waals surface area contributed by atoms with Crippen LogP contribution >= 0.6 is 0 Å². The number of nitrogens with zero attached hydrogens (tertiary/aromatic N) is 3. The topological polar surface area (TPSA) is 98.4 Å². The minimum atomic E-state index is -0.547. The maximum Gasteiger partial charge on any atom is 0.410 e. The zero-order valence-electron chi connectivity index (χ0n) is 16.5. The number of hydrogen-bond donors (Lipinski definition) is 1. The van der Waals surface area contributed by atoms with Crippen LogP contribution in [0, 0.1) is 0 Å². The lowest BCUT2D eigenvalue weighted by atomic mass is 9.99. The van der Waals surface area contributed by atoms with Gasteiger partial charge in [0.15, 0.2) is 0 Å². The molecular formula is C21H26N4O3. The Bertz CT molecular complexity index is 859. The van der Waals surface area contributed by atoms with Crippen LogP contribution in [0.15, 0.2) is 36.7 Å². The van der Waals surface area contributed by atoms with Crippen molar-refractivity contribution in [1.29, 1.82) is 0 Å². The van der Waals surface area contributed by atoms with Gasteiger partial charge < -0.3 is 10.5 Å². The summed E-state index contributed by atoms with van der Waals surface area (Å²) in [6.07, 6.45) is 5.83. The molecule has 1 aliphatic heterocycles. The molecule has 2 aromatic rings. The number of aromatic nitrogens is 2. The number of hydrogen-bond acceptors (Lipinski definition) is 5. The van der Waals surface area contributed by atoms with Gasteiger partial charge in [-0.05, 0) is 52.2 Å². The predicted octanol–water partition coefficient (Wildman–Crippen LogP) is 3.70. The van der Waals surface area contributed by atoms with Crippen molar-refractivity contribution in [3.05, 3.63) is 47.9 Å². The fourth-order valence-electron chi connectivity index (χ4n) is 3.26. The van der Waals surface area contributed by atoms with Gasteiger partial charge in [0, 0.05) is 17.7 Å². The molecule has 0 bridgehead atoms. The van der Waals surface area contributed by atoms with Crippen LogP contribution in [0.3, 0.4) is 0 Å². The second-order valence-electron chi connectivity index (χ2n) is 7.96. The fraction of sp³-hybridized carbons (Fsp3) is 0.429. The molecule has 0 spiro atoms. The Balaban J connectivity index is 1.86. The van der Waals surface area contributed by atoms with E-state index in [1.165, 1.54) is 0 Å². The van der Waals surface area contributed by atoms with Crippen LogP contribution in [-0.4, -0.2) is 39.0 Å². The Morgan fingerprint density at radius 1 is 1.14 bits per heavy atom. The average molecular weight is 382 g/mol. The van der Waals surface area contributed by atoms with Crippen molar-refractivity contribution in [2.24, 2.45) is 5.73 Å². The van der Waals surface area contributed by atoms with Gasteiger partial charge in [0.1, 0.15) is 5.60 Å². The fourth-order valence-corrected chi connectivity index (χ4v) is 3.26. The third-order valence-electron chi connectivity index (χ3n) is 4.59. The number of likely N-dealkylation sites (tertiary alicyclic amines) is 1. The second-order valence-corrected chi connectivity index (χ2v) is 7.96. The lowest BCUT2D eigenvalue weighted by molar-refractivity contribution is 0.00896. The summed E-state index contributed by atoms with van der Waals surface area (Å²) < 4.78 is 5.57. The number of carbonyl (C=O) groups is 2. The van der Waals surface area contributed by atoms with E-state index in [9.17, 15) is 9.59 Å². The van der Waals surface area contributed by atoms with Crippen LogP contribution in [0.5, 0.6) is 0 Å². The highest BCUT2D eigenvalue weighted by atomic mass is 16.6. The Labute approximate surface area is 164 Å². The van der Waals surface area contributed by atoms with Crippen LogP contribution in [-0.2, 0) is 4.74 Å². The van der Waals surface area contributed by atoms with Gasteiger partial charge in [-0.3, -0.25) is 14.7 Å². The van der Waals surface area contributed by atoms with Crippen molar-refractivity contribution in [2.45, 2.75) is 51.7 Å². The van der Waals surface area contributed by atoms with E-state index < -0.39 is 11.5 Å². The molecule has 1 aromatic heterocycles. The van der Waals surface area contributed by atoms with Crippen molar-refractivity contribution in [2.75, 3.05) is 6.54 Å². The smallest absolute Gasteiger partial charge is 0.410 e. The summed E-state index contributed by atoms with van der Waals surface area (Å²) in [5.41, 5.74) is 7.44. The van der Waals surface area contributed by atoms with Crippen molar-refractivity contribution >= 4 is 12.0 Å². The molecule has 1 aromatic carbocycles. The predicted molar refractivity (Wildman–Crippen MR) is 106 cm³/mol. The Morgan fingerprint density at radius 3 is 2.50 bits per heavy atom. The maximum absolute atomic E-state index is 12.7. The van der Waals surface area contributed by atoms with Gasteiger partial charge in [-0.15, -0.1) is 0 Å². The molecule has 0 radical (unpaired) electrons. The summed E-state index contributed by atoms with van der Waals surface area (Å²) in [6.45, 7) is 6.22. The molecule has 1 unspecified atom stereocenters. The first-order valence-corrected chi connectivity index (χ1v) is 9.46. The number of ether oxygens (including phenoxy) is 1. The molecule has 3 rings (SSSR count). The SMILES string of the molecule is CC(C)(C)OC(=O)N1CCCCC1c1cncc(-c2ccc(C(N)=O)cc2)n1. The lowest BCUT2D eigenvalue weighted by Gasteiger charge is -2.36. The summed E-state index contributed by atoms with van der Waals surface area (Å²) in [6, 6.07) is 6.75. The Morgan fingerprint density at radius 2 is 1.86 bits per heavy atom. The van der Waals surface area contributed by atoms with E-state index >= 15 is 0 Å². The Hall–Kier alpha value is -2.96. The van der Waals surface area contributed by atoms with Crippen molar-refractivity contribution in [3.8, 4) is 11.3 Å². The molecule has 7 heteroatoms. The quantitative estimate of drug-likeness (QED) is 0.872. The molecule has 0 saturated carbocycles. The molecule has 2 heterocycles. The van der Waals surface area contributed by atoms with Gasteiger partial charge in [0.2, 0.25) is 5.91 Å². The zero-order valence-corrected chi connectivity index (χ0v) is 16.5. The zero-order chi connectivity index (χ0) is 20.3. The number of piperidine rings is 1. The molecule has 148 valence electrons. The van der Waals surface area contributed by atoms with Gasteiger partial charge in [-0.1, -0.05) is 12.1 Å². The summed E-state index contributed by atoms with van der Waals surface area (Å²) in [7, 11) is 0. The van der Waals surface area contributed by atoms with E-state index in [0.29, 0.717) is 17.8 Å².